The zero-order chi connectivity index (χ0) is 23.7. The number of anilines is 2. The Bertz CT molecular complexity index is 1340. The molecule has 2 aromatic heterocycles. The lowest BCUT2D eigenvalue weighted by Gasteiger charge is -2.35. The van der Waals surface area contributed by atoms with E-state index in [1.807, 2.05) is 32.0 Å². The molecule has 0 radical (unpaired) electrons. The first-order valence-electron chi connectivity index (χ1n) is 12.0. The highest BCUT2D eigenvalue weighted by Gasteiger charge is 2.21. The predicted molar refractivity (Wildman–Crippen MR) is 136 cm³/mol. The van der Waals surface area contributed by atoms with E-state index in [4.69, 9.17) is 4.98 Å². The summed E-state index contributed by atoms with van der Waals surface area (Å²) >= 11 is 0. The third kappa shape index (κ3) is 4.33. The molecule has 0 atom stereocenters. The number of piperazine rings is 1. The van der Waals surface area contributed by atoms with Crippen LogP contribution in [0.5, 0.6) is 0 Å². The van der Waals surface area contributed by atoms with E-state index in [9.17, 15) is 4.79 Å². The second kappa shape index (κ2) is 9.38. The molecular formula is C26H31N7O. The number of aryl methyl sites for hydroxylation is 2. The van der Waals surface area contributed by atoms with Gasteiger partial charge in [0.2, 0.25) is 5.91 Å². The largest absolute Gasteiger partial charge is 0.352 e. The van der Waals surface area contributed by atoms with Crippen molar-refractivity contribution in [3.63, 3.8) is 0 Å². The van der Waals surface area contributed by atoms with Crippen molar-refractivity contribution in [3.05, 3.63) is 54.0 Å². The molecule has 1 N–H and O–H groups in total. The zero-order valence-electron chi connectivity index (χ0n) is 20.1. The van der Waals surface area contributed by atoms with Crippen LogP contribution < -0.4 is 10.2 Å². The van der Waals surface area contributed by atoms with Gasteiger partial charge in [-0.2, -0.15) is 5.10 Å². The molecule has 8 heteroatoms. The fourth-order valence-corrected chi connectivity index (χ4v) is 4.70. The molecule has 1 aliphatic heterocycles. The Hall–Kier alpha value is -3.52. The maximum atomic E-state index is 11.7. The Morgan fingerprint density at radius 1 is 1.03 bits per heavy atom. The second-order valence-electron chi connectivity index (χ2n) is 8.93. The van der Waals surface area contributed by atoms with Crippen molar-refractivity contribution in [2.75, 3.05) is 42.9 Å². The molecule has 4 aromatic rings. The fraction of sp³-hybridized carbons (Fsp3) is 0.385. The van der Waals surface area contributed by atoms with Gasteiger partial charge in [-0.25, -0.2) is 4.98 Å². The number of hydrogen-bond acceptors (Lipinski definition) is 6. The lowest BCUT2D eigenvalue weighted by molar-refractivity contribution is -0.115. The number of imidazole rings is 1. The van der Waals surface area contributed by atoms with E-state index in [0.29, 0.717) is 6.42 Å². The summed E-state index contributed by atoms with van der Waals surface area (Å²) in [5, 5.41) is 14.2. The molecule has 3 heterocycles. The zero-order valence-corrected chi connectivity index (χ0v) is 20.1. The average molecular weight is 458 g/mol. The van der Waals surface area contributed by atoms with E-state index in [0.717, 1.165) is 73.2 Å². The highest BCUT2D eigenvalue weighted by molar-refractivity contribution is 5.94. The molecule has 0 bridgehead atoms. The van der Waals surface area contributed by atoms with E-state index < -0.39 is 0 Å². The second-order valence-corrected chi connectivity index (χ2v) is 8.93. The number of aromatic nitrogens is 4. The van der Waals surface area contributed by atoms with Crippen LogP contribution in [0.4, 0.5) is 11.5 Å². The predicted octanol–water partition coefficient (Wildman–Crippen LogP) is 3.54. The molecule has 0 unspecified atom stereocenters. The molecule has 0 aliphatic carbocycles. The first-order chi connectivity index (χ1) is 16.5. The van der Waals surface area contributed by atoms with Crippen LogP contribution in [0.25, 0.3) is 21.8 Å². The van der Waals surface area contributed by atoms with Gasteiger partial charge in [-0.1, -0.05) is 31.2 Å². The van der Waals surface area contributed by atoms with Gasteiger partial charge in [0.05, 0.1) is 16.7 Å². The maximum absolute atomic E-state index is 11.7. The van der Waals surface area contributed by atoms with E-state index in [1.54, 1.807) is 0 Å². The molecule has 1 aliphatic rings. The maximum Gasteiger partial charge on any atom is 0.224 e. The Labute approximate surface area is 199 Å². The normalized spacial score (nSPS) is 14.7. The molecule has 2 aromatic carbocycles. The Morgan fingerprint density at radius 2 is 1.79 bits per heavy atom. The lowest BCUT2D eigenvalue weighted by Crippen LogP contribution is -2.47. The smallest absolute Gasteiger partial charge is 0.224 e. The fourth-order valence-electron chi connectivity index (χ4n) is 4.70. The van der Waals surface area contributed by atoms with Crippen molar-refractivity contribution in [2.24, 2.45) is 7.05 Å². The van der Waals surface area contributed by atoms with Gasteiger partial charge in [0.1, 0.15) is 5.82 Å². The van der Waals surface area contributed by atoms with Crippen LogP contribution in [-0.4, -0.2) is 63.3 Å². The number of hydrogen-bond donors (Lipinski definition) is 1. The van der Waals surface area contributed by atoms with Gasteiger partial charge in [-0.05, 0) is 25.1 Å². The molecule has 5 rings (SSSR count). The van der Waals surface area contributed by atoms with Gasteiger partial charge in [-0.15, -0.1) is 5.10 Å². The number of rotatable bonds is 6. The summed E-state index contributed by atoms with van der Waals surface area (Å²) in [6.07, 6.45) is 1.35. The summed E-state index contributed by atoms with van der Waals surface area (Å²) in [5.41, 5.74) is 3.77. The van der Waals surface area contributed by atoms with Crippen molar-refractivity contribution < 1.29 is 4.79 Å². The van der Waals surface area contributed by atoms with Crippen LogP contribution in [0.3, 0.4) is 0 Å². The number of nitrogens with one attached hydrogen (secondary N) is 1. The summed E-state index contributed by atoms with van der Waals surface area (Å²) in [7, 11) is 2.06. The van der Waals surface area contributed by atoms with Gasteiger partial charge in [0, 0.05) is 69.1 Å². The quantitative estimate of drug-likeness (QED) is 0.477. The van der Waals surface area contributed by atoms with Gasteiger partial charge in [0.25, 0.3) is 0 Å². The van der Waals surface area contributed by atoms with Gasteiger partial charge < -0.3 is 14.8 Å². The highest BCUT2D eigenvalue weighted by Crippen LogP contribution is 2.26. The molecule has 1 amide bonds. The summed E-state index contributed by atoms with van der Waals surface area (Å²) in [4.78, 5) is 21.4. The lowest BCUT2D eigenvalue weighted by atomic mass is 10.1. The van der Waals surface area contributed by atoms with E-state index in [1.165, 1.54) is 10.8 Å². The Kier molecular flexibility index (Phi) is 6.15. The minimum atomic E-state index is 0.0132. The van der Waals surface area contributed by atoms with Crippen LogP contribution in [-0.2, 0) is 18.3 Å². The molecular weight excluding hydrogens is 426 g/mol. The van der Waals surface area contributed by atoms with Crippen LogP contribution >= 0.6 is 0 Å². The van der Waals surface area contributed by atoms with Crippen molar-refractivity contribution in [3.8, 4) is 0 Å². The van der Waals surface area contributed by atoms with E-state index in [2.05, 4.69) is 61.2 Å². The van der Waals surface area contributed by atoms with Crippen LogP contribution in [0, 0.1) is 6.92 Å². The number of nitrogens with zero attached hydrogens (tertiary/aromatic N) is 6. The summed E-state index contributed by atoms with van der Waals surface area (Å²) in [5.74, 6) is 2.06. The molecule has 34 heavy (non-hydrogen) atoms. The van der Waals surface area contributed by atoms with Gasteiger partial charge in [0.15, 0.2) is 5.82 Å². The molecule has 1 fully saturated rings. The number of benzene rings is 2. The first-order valence-corrected chi connectivity index (χ1v) is 12.0. The molecule has 1 saturated heterocycles. The monoisotopic (exact) mass is 457 g/mol. The topological polar surface area (TPSA) is 79.2 Å². The van der Waals surface area contributed by atoms with Crippen molar-refractivity contribution in [1.82, 2.24) is 24.6 Å². The van der Waals surface area contributed by atoms with Crippen LogP contribution in [0.2, 0.25) is 0 Å². The van der Waals surface area contributed by atoms with Crippen molar-refractivity contribution in [1.29, 1.82) is 0 Å². The molecule has 0 spiro atoms. The van der Waals surface area contributed by atoms with E-state index >= 15 is 0 Å². The van der Waals surface area contributed by atoms with Gasteiger partial charge in [-0.3, -0.25) is 9.69 Å². The average Bonchev–Trinajstić information content (AvgIpc) is 3.18. The SMILES string of the molecule is CCC(=O)Nc1ccc2c(c1)nc(CCN1CCN(c3nnc(C)c4ccccc34)CC1)n2C. The van der Waals surface area contributed by atoms with Crippen LogP contribution in [0.1, 0.15) is 24.9 Å². The van der Waals surface area contributed by atoms with Crippen molar-refractivity contribution >= 4 is 39.2 Å². The molecule has 176 valence electrons. The number of carbonyl (C=O) groups excluding carboxylic acids is 1. The Balaban J connectivity index is 1.22. The number of amides is 1. The first kappa shape index (κ1) is 22.3. The van der Waals surface area contributed by atoms with Crippen molar-refractivity contribution in [2.45, 2.75) is 26.7 Å². The van der Waals surface area contributed by atoms with Gasteiger partial charge >= 0.3 is 0 Å². The third-order valence-corrected chi connectivity index (χ3v) is 6.75. The van der Waals surface area contributed by atoms with Crippen LogP contribution in [0.15, 0.2) is 42.5 Å². The van der Waals surface area contributed by atoms with E-state index in [-0.39, 0.29) is 5.91 Å². The number of carbonyl (C=O) groups is 1. The standard InChI is InChI=1S/C26H31N7O/c1-4-25(34)27-19-9-10-23-22(17-19)28-24(31(23)3)11-12-32-13-15-33(16-14-32)26-21-8-6-5-7-20(21)18(2)29-30-26/h5-10,17H,4,11-16H2,1-3H3,(H,27,34). The summed E-state index contributed by atoms with van der Waals surface area (Å²) in [6.45, 7) is 8.67. The highest BCUT2D eigenvalue weighted by atomic mass is 16.1. The molecule has 0 saturated carbocycles. The minimum absolute atomic E-state index is 0.0132. The molecule has 8 nitrogen and oxygen atoms in total. The summed E-state index contributed by atoms with van der Waals surface area (Å²) in [6, 6.07) is 14.3. The minimum Gasteiger partial charge on any atom is -0.352 e. The number of fused-ring (bicyclic) bond motifs is 2. The Morgan fingerprint density at radius 3 is 2.56 bits per heavy atom. The third-order valence-electron chi connectivity index (χ3n) is 6.75. The summed E-state index contributed by atoms with van der Waals surface area (Å²) < 4.78 is 2.16.